The highest BCUT2D eigenvalue weighted by atomic mass is 19.1. The van der Waals surface area contributed by atoms with Crippen LogP contribution >= 0.6 is 0 Å². The SMILES string of the molecule is CCC(N)C(c1ccc(F)cc1)N1CC2CCC1C2. The maximum Gasteiger partial charge on any atom is 0.123 e. The molecule has 0 spiro atoms. The second-order valence-corrected chi connectivity index (χ2v) is 6.10. The summed E-state index contributed by atoms with van der Waals surface area (Å²) in [5.74, 6) is 0.688. The number of halogens is 1. The molecule has 3 heteroatoms. The lowest BCUT2D eigenvalue weighted by Crippen LogP contribution is -2.44. The summed E-state index contributed by atoms with van der Waals surface area (Å²) in [6, 6.07) is 7.99. The van der Waals surface area contributed by atoms with Gasteiger partial charge in [-0.25, -0.2) is 4.39 Å². The van der Waals surface area contributed by atoms with Gasteiger partial charge in [-0.15, -0.1) is 0 Å². The van der Waals surface area contributed by atoms with Crippen molar-refractivity contribution in [2.24, 2.45) is 11.7 Å². The fourth-order valence-electron chi connectivity index (χ4n) is 3.87. The fourth-order valence-corrected chi connectivity index (χ4v) is 3.87. The molecule has 104 valence electrons. The van der Waals surface area contributed by atoms with Gasteiger partial charge in [-0.2, -0.15) is 0 Å². The molecule has 1 aliphatic heterocycles. The highest BCUT2D eigenvalue weighted by Crippen LogP contribution is 2.43. The van der Waals surface area contributed by atoms with Crippen molar-refractivity contribution in [2.45, 2.75) is 50.7 Å². The van der Waals surface area contributed by atoms with Gasteiger partial charge < -0.3 is 5.73 Å². The van der Waals surface area contributed by atoms with E-state index in [4.69, 9.17) is 5.73 Å². The molecule has 1 heterocycles. The minimum absolute atomic E-state index is 0.129. The minimum atomic E-state index is -0.171. The van der Waals surface area contributed by atoms with E-state index >= 15 is 0 Å². The highest BCUT2D eigenvalue weighted by Gasteiger charge is 2.42. The predicted octanol–water partition coefficient (Wildman–Crippen LogP) is 3.09. The molecule has 3 rings (SSSR count). The zero-order valence-electron chi connectivity index (χ0n) is 11.6. The maximum atomic E-state index is 13.1. The molecule has 2 nitrogen and oxygen atoms in total. The van der Waals surface area contributed by atoms with Crippen LogP contribution in [0.2, 0.25) is 0 Å². The lowest BCUT2D eigenvalue weighted by Gasteiger charge is -2.38. The molecule has 1 aliphatic carbocycles. The van der Waals surface area contributed by atoms with Gasteiger partial charge in [0.05, 0.1) is 6.04 Å². The second-order valence-electron chi connectivity index (χ2n) is 6.10. The zero-order valence-corrected chi connectivity index (χ0v) is 11.6. The Hall–Kier alpha value is -0.930. The lowest BCUT2D eigenvalue weighted by atomic mass is 9.94. The summed E-state index contributed by atoms with van der Waals surface area (Å²) in [6.07, 6.45) is 4.96. The Labute approximate surface area is 114 Å². The van der Waals surface area contributed by atoms with Crippen LogP contribution < -0.4 is 5.73 Å². The first-order valence-electron chi connectivity index (χ1n) is 7.45. The Balaban J connectivity index is 1.87. The van der Waals surface area contributed by atoms with Gasteiger partial charge in [0.25, 0.3) is 0 Å². The minimum Gasteiger partial charge on any atom is -0.326 e. The lowest BCUT2D eigenvalue weighted by molar-refractivity contribution is 0.127. The van der Waals surface area contributed by atoms with Crippen LogP contribution in [0.5, 0.6) is 0 Å². The monoisotopic (exact) mass is 262 g/mol. The van der Waals surface area contributed by atoms with Gasteiger partial charge in [0.1, 0.15) is 5.82 Å². The van der Waals surface area contributed by atoms with Crippen LogP contribution in [0, 0.1) is 11.7 Å². The molecule has 2 aliphatic rings. The van der Waals surface area contributed by atoms with Crippen LogP contribution in [0.15, 0.2) is 24.3 Å². The van der Waals surface area contributed by atoms with Crippen molar-refractivity contribution in [3.05, 3.63) is 35.6 Å². The van der Waals surface area contributed by atoms with Gasteiger partial charge in [-0.3, -0.25) is 4.90 Å². The summed E-state index contributed by atoms with van der Waals surface area (Å²) in [4.78, 5) is 2.58. The predicted molar refractivity (Wildman–Crippen MR) is 75.2 cm³/mol. The molecule has 4 unspecified atom stereocenters. The largest absolute Gasteiger partial charge is 0.326 e. The van der Waals surface area contributed by atoms with Crippen LogP contribution in [0.3, 0.4) is 0 Å². The number of likely N-dealkylation sites (tertiary alicyclic amines) is 1. The zero-order chi connectivity index (χ0) is 13.4. The number of nitrogens with two attached hydrogens (primary N) is 1. The Bertz CT molecular complexity index is 431. The molecule has 0 amide bonds. The van der Waals surface area contributed by atoms with E-state index in [0.29, 0.717) is 6.04 Å². The summed E-state index contributed by atoms with van der Waals surface area (Å²) >= 11 is 0. The van der Waals surface area contributed by atoms with E-state index < -0.39 is 0 Å². The van der Waals surface area contributed by atoms with E-state index in [1.165, 1.54) is 31.4 Å². The number of hydrogen-bond acceptors (Lipinski definition) is 2. The summed E-state index contributed by atoms with van der Waals surface area (Å²) in [6.45, 7) is 3.30. The number of rotatable bonds is 4. The maximum absolute atomic E-state index is 13.1. The first-order valence-corrected chi connectivity index (χ1v) is 7.45. The van der Waals surface area contributed by atoms with E-state index in [1.807, 2.05) is 12.1 Å². The van der Waals surface area contributed by atoms with E-state index in [-0.39, 0.29) is 17.9 Å². The summed E-state index contributed by atoms with van der Waals surface area (Å²) < 4.78 is 13.1. The van der Waals surface area contributed by atoms with Gasteiger partial charge in [0.15, 0.2) is 0 Å². The van der Waals surface area contributed by atoms with Crippen molar-refractivity contribution in [2.75, 3.05) is 6.54 Å². The highest BCUT2D eigenvalue weighted by molar-refractivity contribution is 5.22. The van der Waals surface area contributed by atoms with Crippen molar-refractivity contribution in [1.82, 2.24) is 4.90 Å². The Morgan fingerprint density at radius 3 is 2.58 bits per heavy atom. The van der Waals surface area contributed by atoms with Gasteiger partial charge >= 0.3 is 0 Å². The third-order valence-corrected chi connectivity index (χ3v) is 4.90. The Morgan fingerprint density at radius 2 is 2.05 bits per heavy atom. The van der Waals surface area contributed by atoms with Crippen LogP contribution in [-0.2, 0) is 0 Å². The molecule has 0 radical (unpaired) electrons. The van der Waals surface area contributed by atoms with Crippen LogP contribution in [0.1, 0.15) is 44.2 Å². The topological polar surface area (TPSA) is 29.3 Å². The van der Waals surface area contributed by atoms with Gasteiger partial charge in [0, 0.05) is 18.6 Å². The molecule has 1 saturated heterocycles. The Kier molecular flexibility index (Phi) is 3.59. The van der Waals surface area contributed by atoms with Crippen molar-refractivity contribution in [3.8, 4) is 0 Å². The molecule has 2 fully saturated rings. The normalized spacial score (nSPS) is 29.6. The molecule has 1 aromatic carbocycles. The van der Waals surface area contributed by atoms with E-state index in [9.17, 15) is 4.39 Å². The van der Waals surface area contributed by atoms with Gasteiger partial charge in [-0.05, 0) is 49.3 Å². The van der Waals surface area contributed by atoms with E-state index in [0.717, 1.165) is 12.3 Å². The Morgan fingerprint density at radius 1 is 1.32 bits per heavy atom. The van der Waals surface area contributed by atoms with Crippen molar-refractivity contribution < 1.29 is 4.39 Å². The summed E-state index contributed by atoms with van der Waals surface area (Å²) in [7, 11) is 0. The van der Waals surface area contributed by atoms with Gasteiger partial charge in [0.2, 0.25) is 0 Å². The molecule has 1 aromatic rings. The number of piperidine rings is 1. The molecule has 4 atom stereocenters. The first-order chi connectivity index (χ1) is 9.19. The van der Waals surface area contributed by atoms with Gasteiger partial charge in [-0.1, -0.05) is 19.1 Å². The van der Waals surface area contributed by atoms with Crippen molar-refractivity contribution >= 4 is 0 Å². The average molecular weight is 262 g/mol. The molecule has 2 N–H and O–H groups in total. The number of benzene rings is 1. The standard InChI is InChI=1S/C16H23FN2/c1-2-15(18)16(12-4-6-13(17)7-5-12)19-10-11-3-8-14(19)9-11/h4-7,11,14-16H,2-3,8-10,18H2,1H3. The van der Waals surface area contributed by atoms with Crippen LogP contribution in [-0.4, -0.2) is 23.5 Å². The van der Waals surface area contributed by atoms with Crippen molar-refractivity contribution in [3.63, 3.8) is 0 Å². The number of nitrogens with zero attached hydrogens (tertiary/aromatic N) is 1. The number of fused-ring (bicyclic) bond motifs is 2. The quantitative estimate of drug-likeness (QED) is 0.903. The second kappa shape index (κ2) is 5.22. The molecular weight excluding hydrogens is 239 g/mol. The third kappa shape index (κ3) is 2.41. The number of hydrogen-bond donors (Lipinski definition) is 1. The van der Waals surface area contributed by atoms with E-state index in [2.05, 4.69) is 11.8 Å². The van der Waals surface area contributed by atoms with Crippen LogP contribution in [0.4, 0.5) is 4.39 Å². The molecule has 1 saturated carbocycles. The van der Waals surface area contributed by atoms with Crippen LogP contribution in [0.25, 0.3) is 0 Å². The first kappa shape index (κ1) is 13.1. The average Bonchev–Trinajstić information content (AvgIpc) is 3.03. The van der Waals surface area contributed by atoms with E-state index in [1.54, 1.807) is 12.1 Å². The molecule has 2 bridgehead atoms. The van der Waals surface area contributed by atoms with Crippen molar-refractivity contribution in [1.29, 1.82) is 0 Å². The third-order valence-electron chi connectivity index (χ3n) is 4.90. The smallest absolute Gasteiger partial charge is 0.123 e. The fraction of sp³-hybridized carbons (Fsp3) is 0.625. The molecule has 19 heavy (non-hydrogen) atoms. The summed E-state index contributed by atoms with van der Waals surface area (Å²) in [5.41, 5.74) is 7.53. The molecular formula is C16H23FN2. The summed E-state index contributed by atoms with van der Waals surface area (Å²) in [5, 5.41) is 0. The molecule has 0 aromatic heterocycles.